The molecule has 0 aliphatic carbocycles. The first kappa shape index (κ1) is 17.1. The predicted octanol–water partition coefficient (Wildman–Crippen LogP) is 2.26. The summed E-state index contributed by atoms with van der Waals surface area (Å²) < 4.78 is 20.7. The number of hydrogen-bond donors (Lipinski definition) is 1. The second kappa shape index (κ2) is 7.17. The summed E-state index contributed by atoms with van der Waals surface area (Å²) in [4.78, 5) is 12.1. The maximum Gasteiger partial charge on any atom is 0.340 e. The van der Waals surface area contributed by atoms with Crippen molar-refractivity contribution in [3.63, 3.8) is 0 Å². The number of anilines is 1. The van der Waals surface area contributed by atoms with E-state index in [2.05, 4.69) is 0 Å². The Morgan fingerprint density at radius 2 is 1.86 bits per heavy atom. The topological polar surface area (TPSA) is 80.0 Å². The van der Waals surface area contributed by atoms with Gasteiger partial charge in [-0.15, -0.1) is 0 Å². The minimum Gasteiger partial charge on any atom is -0.497 e. The number of esters is 1. The van der Waals surface area contributed by atoms with Gasteiger partial charge in [0, 0.05) is 19.6 Å². The molecular formula is C15H23NO5. The molecular weight excluding hydrogens is 274 g/mol. The van der Waals surface area contributed by atoms with Gasteiger partial charge in [0.2, 0.25) is 0 Å². The molecule has 118 valence electrons. The van der Waals surface area contributed by atoms with Gasteiger partial charge in [-0.2, -0.15) is 0 Å². The third-order valence-corrected chi connectivity index (χ3v) is 3.28. The van der Waals surface area contributed by atoms with Crippen molar-refractivity contribution >= 4 is 11.7 Å². The highest BCUT2D eigenvalue weighted by molar-refractivity contribution is 5.97. The van der Waals surface area contributed by atoms with Crippen LogP contribution in [0.1, 0.15) is 30.6 Å². The Balaban J connectivity index is 2.82. The molecule has 0 saturated carbocycles. The van der Waals surface area contributed by atoms with E-state index in [-0.39, 0.29) is 23.5 Å². The second-order valence-corrected chi connectivity index (χ2v) is 5.14. The van der Waals surface area contributed by atoms with Crippen molar-refractivity contribution in [1.82, 2.24) is 0 Å². The number of carbonyl (C=O) groups excluding carboxylic acids is 1. The number of nitrogen functional groups attached to an aromatic ring is 1. The van der Waals surface area contributed by atoms with Crippen molar-refractivity contribution in [2.45, 2.75) is 25.9 Å². The lowest BCUT2D eigenvalue weighted by Crippen LogP contribution is -2.25. The molecule has 1 rings (SSSR count). The lowest BCUT2D eigenvalue weighted by molar-refractivity contribution is -0.00561. The van der Waals surface area contributed by atoms with E-state index in [1.165, 1.54) is 20.3 Å². The van der Waals surface area contributed by atoms with Crippen LogP contribution in [-0.2, 0) is 9.47 Å². The highest BCUT2D eigenvalue weighted by Crippen LogP contribution is 2.31. The first-order valence-corrected chi connectivity index (χ1v) is 6.58. The number of nitrogens with two attached hydrogens (primary N) is 1. The fraction of sp³-hybridized carbons (Fsp3) is 0.533. The van der Waals surface area contributed by atoms with Crippen LogP contribution in [0.15, 0.2) is 12.1 Å². The molecule has 1 aromatic rings. The van der Waals surface area contributed by atoms with E-state index < -0.39 is 5.97 Å². The number of carbonyl (C=O) groups is 1. The molecule has 0 saturated heterocycles. The molecule has 0 aliphatic heterocycles. The molecule has 1 aromatic carbocycles. The molecule has 6 nitrogen and oxygen atoms in total. The average Bonchev–Trinajstić information content (AvgIpc) is 2.47. The van der Waals surface area contributed by atoms with Crippen LogP contribution in [0.25, 0.3) is 0 Å². The van der Waals surface area contributed by atoms with Crippen molar-refractivity contribution in [3.8, 4) is 11.5 Å². The third-order valence-electron chi connectivity index (χ3n) is 3.28. The summed E-state index contributed by atoms with van der Waals surface area (Å²) in [5.74, 6) is 0.334. The van der Waals surface area contributed by atoms with E-state index >= 15 is 0 Å². The number of benzene rings is 1. The van der Waals surface area contributed by atoms with Crippen molar-refractivity contribution in [1.29, 1.82) is 0 Å². The summed E-state index contributed by atoms with van der Waals surface area (Å²) in [6, 6.07) is 3.14. The summed E-state index contributed by atoms with van der Waals surface area (Å²) in [5.41, 5.74) is 6.00. The van der Waals surface area contributed by atoms with Crippen molar-refractivity contribution in [2.24, 2.45) is 0 Å². The summed E-state index contributed by atoms with van der Waals surface area (Å²) in [7, 11) is 4.59. The molecule has 21 heavy (non-hydrogen) atoms. The summed E-state index contributed by atoms with van der Waals surface area (Å²) in [6.07, 6.45) is 0.580. The van der Waals surface area contributed by atoms with Crippen LogP contribution < -0.4 is 15.2 Å². The fourth-order valence-electron chi connectivity index (χ4n) is 1.63. The van der Waals surface area contributed by atoms with E-state index in [1.54, 1.807) is 13.2 Å². The summed E-state index contributed by atoms with van der Waals surface area (Å²) in [6.45, 7) is 4.08. The molecule has 0 fully saturated rings. The summed E-state index contributed by atoms with van der Waals surface area (Å²) in [5, 5.41) is 0. The Morgan fingerprint density at radius 1 is 1.19 bits per heavy atom. The first-order valence-electron chi connectivity index (χ1n) is 6.58. The standard InChI is InChI=1S/C15H23NO5/c1-15(2,20-5)6-7-21-14(17)11-8-10(18-3)9-12(19-4)13(11)16/h8-9H,6-7,16H2,1-5H3. The normalized spacial score (nSPS) is 11.1. The van der Waals surface area contributed by atoms with Gasteiger partial charge >= 0.3 is 5.97 Å². The Labute approximate surface area is 125 Å². The van der Waals surface area contributed by atoms with Crippen LogP contribution in [-0.4, -0.2) is 39.5 Å². The highest BCUT2D eigenvalue weighted by atomic mass is 16.5. The van der Waals surface area contributed by atoms with Gasteiger partial charge in [0.15, 0.2) is 0 Å². The van der Waals surface area contributed by atoms with Crippen LogP contribution in [0.2, 0.25) is 0 Å². The molecule has 0 bridgehead atoms. The Kier molecular flexibility index (Phi) is 5.84. The zero-order chi connectivity index (χ0) is 16.0. The molecule has 0 aliphatic rings. The maximum absolute atomic E-state index is 12.1. The molecule has 6 heteroatoms. The molecule has 0 heterocycles. The van der Waals surface area contributed by atoms with Gasteiger partial charge in [-0.3, -0.25) is 0 Å². The van der Waals surface area contributed by atoms with E-state index in [1.807, 2.05) is 13.8 Å². The van der Waals surface area contributed by atoms with Crippen molar-refractivity contribution < 1.29 is 23.7 Å². The Hall–Kier alpha value is -1.95. The second-order valence-electron chi connectivity index (χ2n) is 5.14. The minimum absolute atomic E-state index is 0.224. The van der Waals surface area contributed by atoms with Crippen molar-refractivity contribution in [3.05, 3.63) is 17.7 Å². The Bertz CT molecular complexity index is 499. The van der Waals surface area contributed by atoms with Crippen LogP contribution >= 0.6 is 0 Å². The van der Waals surface area contributed by atoms with E-state index in [0.717, 1.165) is 0 Å². The molecule has 0 amide bonds. The largest absolute Gasteiger partial charge is 0.497 e. The van der Waals surface area contributed by atoms with Crippen LogP contribution in [0, 0.1) is 0 Å². The van der Waals surface area contributed by atoms with Gasteiger partial charge in [-0.1, -0.05) is 0 Å². The molecule has 0 atom stereocenters. The van der Waals surface area contributed by atoms with Crippen molar-refractivity contribution in [2.75, 3.05) is 33.7 Å². The number of hydrogen-bond acceptors (Lipinski definition) is 6. The zero-order valence-electron chi connectivity index (χ0n) is 13.2. The molecule has 0 aromatic heterocycles. The SMILES string of the molecule is COc1cc(OC)c(N)c(C(=O)OCCC(C)(C)OC)c1. The van der Waals surface area contributed by atoms with E-state index in [9.17, 15) is 4.79 Å². The van der Waals surface area contributed by atoms with Gasteiger partial charge in [-0.25, -0.2) is 4.79 Å². The number of methoxy groups -OCH3 is 3. The summed E-state index contributed by atoms with van der Waals surface area (Å²) >= 11 is 0. The predicted molar refractivity (Wildman–Crippen MR) is 79.9 cm³/mol. The highest BCUT2D eigenvalue weighted by Gasteiger charge is 2.20. The quantitative estimate of drug-likeness (QED) is 0.614. The third kappa shape index (κ3) is 4.53. The van der Waals surface area contributed by atoms with Gasteiger partial charge in [0.25, 0.3) is 0 Å². The lowest BCUT2D eigenvalue weighted by Gasteiger charge is -2.22. The van der Waals surface area contributed by atoms with E-state index in [0.29, 0.717) is 17.9 Å². The van der Waals surface area contributed by atoms with Crippen LogP contribution in [0.5, 0.6) is 11.5 Å². The van der Waals surface area contributed by atoms with Gasteiger partial charge < -0.3 is 24.7 Å². The van der Waals surface area contributed by atoms with Crippen LogP contribution in [0.3, 0.4) is 0 Å². The van der Waals surface area contributed by atoms with Crippen LogP contribution in [0.4, 0.5) is 5.69 Å². The van der Waals surface area contributed by atoms with Gasteiger partial charge in [0.05, 0.1) is 37.7 Å². The number of ether oxygens (including phenoxy) is 4. The molecule has 0 unspecified atom stereocenters. The Morgan fingerprint density at radius 3 is 2.38 bits per heavy atom. The minimum atomic E-state index is -0.517. The van der Waals surface area contributed by atoms with Gasteiger partial charge in [0.1, 0.15) is 11.5 Å². The van der Waals surface area contributed by atoms with Gasteiger partial charge in [-0.05, 0) is 19.9 Å². The maximum atomic E-state index is 12.1. The molecule has 0 spiro atoms. The molecule has 0 radical (unpaired) electrons. The van der Waals surface area contributed by atoms with E-state index in [4.69, 9.17) is 24.7 Å². The zero-order valence-corrected chi connectivity index (χ0v) is 13.2. The number of rotatable bonds is 7. The fourth-order valence-corrected chi connectivity index (χ4v) is 1.63. The monoisotopic (exact) mass is 297 g/mol. The first-order chi connectivity index (χ1) is 9.84. The average molecular weight is 297 g/mol. The smallest absolute Gasteiger partial charge is 0.340 e. The molecule has 2 N–H and O–H groups in total. The lowest BCUT2D eigenvalue weighted by atomic mass is 10.1.